The van der Waals surface area contributed by atoms with E-state index < -0.39 is 0 Å². The highest BCUT2D eigenvalue weighted by Crippen LogP contribution is 2.39. The van der Waals surface area contributed by atoms with Crippen molar-refractivity contribution in [3.63, 3.8) is 0 Å². The van der Waals surface area contributed by atoms with Crippen molar-refractivity contribution in [3.05, 3.63) is 45.8 Å². The lowest BCUT2D eigenvalue weighted by molar-refractivity contribution is -0.387. The SMILES string of the molecule is CSc1ccc(Sc2sccc2[N+](=O)[O-])cc1. The third-order valence-corrected chi connectivity index (χ3v) is 4.96. The molecule has 0 saturated heterocycles. The van der Waals surface area contributed by atoms with Crippen LogP contribution in [0.1, 0.15) is 0 Å². The molecule has 0 bridgehead atoms. The van der Waals surface area contributed by atoms with E-state index in [4.69, 9.17) is 0 Å². The maximum absolute atomic E-state index is 10.8. The summed E-state index contributed by atoms with van der Waals surface area (Å²) in [5.74, 6) is 0. The van der Waals surface area contributed by atoms with Crippen molar-refractivity contribution in [2.24, 2.45) is 0 Å². The molecule has 0 spiro atoms. The van der Waals surface area contributed by atoms with Crippen LogP contribution in [0.5, 0.6) is 0 Å². The maximum Gasteiger partial charge on any atom is 0.294 e. The summed E-state index contributed by atoms with van der Waals surface area (Å²) >= 11 is 4.51. The topological polar surface area (TPSA) is 43.1 Å². The minimum absolute atomic E-state index is 0.189. The molecule has 0 aliphatic rings. The molecule has 0 atom stereocenters. The monoisotopic (exact) mass is 283 g/mol. The summed E-state index contributed by atoms with van der Waals surface area (Å²) in [7, 11) is 0. The largest absolute Gasteiger partial charge is 0.294 e. The third-order valence-electron chi connectivity index (χ3n) is 2.08. The van der Waals surface area contributed by atoms with Crippen LogP contribution < -0.4 is 0 Å². The zero-order valence-electron chi connectivity index (χ0n) is 8.95. The molecule has 0 aliphatic heterocycles. The van der Waals surface area contributed by atoms with Gasteiger partial charge in [0.05, 0.1) is 4.92 Å². The first-order chi connectivity index (χ1) is 8.20. The summed E-state index contributed by atoms with van der Waals surface area (Å²) in [6, 6.07) is 9.56. The smallest absolute Gasteiger partial charge is 0.258 e. The Hall–Kier alpha value is -0.980. The minimum Gasteiger partial charge on any atom is -0.258 e. The fraction of sp³-hybridized carbons (Fsp3) is 0.0909. The van der Waals surface area contributed by atoms with Crippen LogP contribution in [-0.2, 0) is 0 Å². The Morgan fingerprint density at radius 2 is 1.82 bits per heavy atom. The molecule has 0 saturated carbocycles. The average Bonchev–Trinajstić information content (AvgIpc) is 2.78. The molecule has 0 aliphatic carbocycles. The summed E-state index contributed by atoms with van der Waals surface area (Å²) in [6.07, 6.45) is 2.02. The van der Waals surface area contributed by atoms with Crippen LogP contribution in [0.25, 0.3) is 0 Å². The molecule has 0 amide bonds. The van der Waals surface area contributed by atoms with Gasteiger partial charge in [-0.3, -0.25) is 10.1 Å². The van der Waals surface area contributed by atoms with Crippen molar-refractivity contribution in [2.45, 2.75) is 14.0 Å². The molecule has 6 heteroatoms. The zero-order valence-corrected chi connectivity index (χ0v) is 11.4. The number of benzene rings is 1. The van der Waals surface area contributed by atoms with Crippen LogP contribution in [0.2, 0.25) is 0 Å². The van der Waals surface area contributed by atoms with E-state index in [0.717, 1.165) is 9.10 Å². The molecule has 0 radical (unpaired) electrons. The standard InChI is InChI=1S/C11H9NO2S3/c1-15-8-2-4-9(5-3-8)17-11-10(12(13)14)6-7-16-11/h2-7H,1H3. The van der Waals surface area contributed by atoms with Crippen molar-refractivity contribution in [2.75, 3.05) is 6.26 Å². The average molecular weight is 283 g/mol. The Balaban J connectivity index is 2.19. The first-order valence-corrected chi connectivity index (χ1v) is 7.66. The molecule has 0 fully saturated rings. The van der Waals surface area contributed by atoms with Crippen molar-refractivity contribution in [1.29, 1.82) is 0 Å². The molecule has 1 heterocycles. The molecule has 17 heavy (non-hydrogen) atoms. The molecular formula is C11H9NO2S3. The van der Waals surface area contributed by atoms with Crippen LogP contribution in [0.15, 0.2) is 49.7 Å². The van der Waals surface area contributed by atoms with Crippen LogP contribution in [0, 0.1) is 10.1 Å². The molecule has 3 nitrogen and oxygen atoms in total. The molecule has 2 aromatic rings. The van der Waals surface area contributed by atoms with Gasteiger partial charge in [0.25, 0.3) is 5.69 Å². The first kappa shape index (κ1) is 12.5. The van der Waals surface area contributed by atoms with Crippen molar-refractivity contribution in [1.82, 2.24) is 0 Å². The molecule has 1 aromatic heterocycles. The Kier molecular flexibility index (Phi) is 4.09. The van der Waals surface area contributed by atoms with Gasteiger partial charge in [-0.1, -0.05) is 11.8 Å². The molecule has 88 valence electrons. The highest BCUT2D eigenvalue weighted by molar-refractivity contribution is 8.01. The number of nitro groups is 1. The zero-order chi connectivity index (χ0) is 12.3. The lowest BCUT2D eigenvalue weighted by Crippen LogP contribution is -1.85. The van der Waals surface area contributed by atoms with Crippen LogP contribution in [-0.4, -0.2) is 11.2 Å². The summed E-state index contributed by atoms with van der Waals surface area (Å²) in [4.78, 5) is 12.6. The molecule has 1 aromatic carbocycles. The first-order valence-electron chi connectivity index (χ1n) is 4.74. The summed E-state index contributed by atoms with van der Waals surface area (Å²) in [6.45, 7) is 0. The summed E-state index contributed by atoms with van der Waals surface area (Å²) in [5, 5.41) is 12.5. The molecule has 2 rings (SSSR count). The third kappa shape index (κ3) is 3.02. The van der Waals surface area contributed by atoms with Gasteiger partial charge in [-0.05, 0) is 35.9 Å². The highest BCUT2D eigenvalue weighted by atomic mass is 32.2. The predicted molar refractivity (Wildman–Crippen MR) is 73.3 cm³/mol. The lowest BCUT2D eigenvalue weighted by Gasteiger charge is -2.00. The van der Waals surface area contributed by atoms with E-state index >= 15 is 0 Å². The normalized spacial score (nSPS) is 10.4. The number of hydrogen-bond donors (Lipinski definition) is 0. The Morgan fingerprint density at radius 3 is 2.41 bits per heavy atom. The van der Waals surface area contributed by atoms with Gasteiger partial charge < -0.3 is 0 Å². The summed E-state index contributed by atoms with van der Waals surface area (Å²) < 4.78 is 0.729. The van der Waals surface area contributed by atoms with Gasteiger partial charge in [0.2, 0.25) is 0 Å². The van der Waals surface area contributed by atoms with Gasteiger partial charge in [-0.15, -0.1) is 23.1 Å². The van der Waals surface area contributed by atoms with Crippen LogP contribution >= 0.6 is 34.9 Å². The second kappa shape index (κ2) is 5.57. The van der Waals surface area contributed by atoms with Crippen molar-refractivity contribution < 1.29 is 4.92 Å². The number of thiophene rings is 1. The molecule has 0 unspecified atom stereocenters. The maximum atomic E-state index is 10.8. The summed E-state index contributed by atoms with van der Waals surface area (Å²) in [5.41, 5.74) is 0.189. The second-order valence-electron chi connectivity index (χ2n) is 3.13. The Labute approximate surface area is 111 Å². The Bertz CT molecular complexity index is 522. The van der Waals surface area contributed by atoms with Gasteiger partial charge in [0, 0.05) is 15.9 Å². The van der Waals surface area contributed by atoms with Crippen LogP contribution in [0.4, 0.5) is 5.69 Å². The quantitative estimate of drug-likeness (QED) is 0.470. The van der Waals surface area contributed by atoms with Gasteiger partial charge in [0.15, 0.2) is 0 Å². The fourth-order valence-electron chi connectivity index (χ4n) is 1.25. The van der Waals surface area contributed by atoms with Crippen LogP contribution in [0.3, 0.4) is 0 Å². The van der Waals surface area contributed by atoms with E-state index in [1.807, 2.05) is 30.5 Å². The van der Waals surface area contributed by atoms with Gasteiger partial charge >= 0.3 is 0 Å². The van der Waals surface area contributed by atoms with Crippen molar-refractivity contribution >= 4 is 40.5 Å². The van der Waals surface area contributed by atoms with E-state index in [1.54, 1.807) is 23.2 Å². The molecule has 0 N–H and O–H groups in total. The predicted octanol–water partition coefficient (Wildman–Crippen LogP) is 4.53. The minimum atomic E-state index is -0.338. The fourth-order valence-corrected chi connectivity index (χ4v) is 3.62. The molecular weight excluding hydrogens is 274 g/mol. The van der Waals surface area contributed by atoms with Crippen molar-refractivity contribution in [3.8, 4) is 0 Å². The Morgan fingerprint density at radius 1 is 1.18 bits per heavy atom. The second-order valence-corrected chi connectivity index (χ2v) is 6.27. The van der Waals surface area contributed by atoms with Gasteiger partial charge in [-0.2, -0.15) is 0 Å². The lowest BCUT2D eigenvalue weighted by atomic mass is 10.4. The highest BCUT2D eigenvalue weighted by Gasteiger charge is 2.15. The van der Waals surface area contributed by atoms with E-state index in [2.05, 4.69) is 0 Å². The number of rotatable bonds is 4. The van der Waals surface area contributed by atoms with Gasteiger partial charge in [-0.25, -0.2) is 0 Å². The number of hydrogen-bond acceptors (Lipinski definition) is 5. The van der Waals surface area contributed by atoms with E-state index in [1.165, 1.54) is 28.0 Å². The van der Waals surface area contributed by atoms with E-state index in [9.17, 15) is 10.1 Å². The number of thioether (sulfide) groups is 1. The van der Waals surface area contributed by atoms with Gasteiger partial charge in [0.1, 0.15) is 4.21 Å². The number of nitrogens with zero attached hydrogens (tertiary/aromatic N) is 1. The van der Waals surface area contributed by atoms with E-state index in [-0.39, 0.29) is 10.6 Å². The van der Waals surface area contributed by atoms with E-state index in [0.29, 0.717) is 0 Å².